The van der Waals surface area contributed by atoms with Gasteiger partial charge in [-0.2, -0.15) is 0 Å². The molecule has 7 heteroatoms. The van der Waals surface area contributed by atoms with E-state index < -0.39 is 12.1 Å². The van der Waals surface area contributed by atoms with Crippen LogP contribution in [0.1, 0.15) is 28.6 Å². The average molecular weight is 411 g/mol. The fourth-order valence-corrected chi connectivity index (χ4v) is 3.06. The number of methoxy groups -OCH3 is 2. The van der Waals surface area contributed by atoms with E-state index >= 15 is 0 Å². The lowest BCUT2D eigenvalue weighted by Gasteiger charge is -2.13. The minimum absolute atomic E-state index is 0.0798. The lowest BCUT2D eigenvalue weighted by Crippen LogP contribution is -2.36. The van der Waals surface area contributed by atoms with E-state index in [1.165, 1.54) is 6.92 Å². The molecule has 1 aromatic heterocycles. The topological polar surface area (TPSA) is 87.0 Å². The molecule has 0 aliphatic carbocycles. The minimum atomic E-state index is -0.949. The second kappa shape index (κ2) is 9.35. The van der Waals surface area contributed by atoms with Crippen molar-refractivity contribution >= 4 is 22.8 Å². The fourth-order valence-electron chi connectivity index (χ4n) is 3.06. The first-order valence-electron chi connectivity index (χ1n) is 9.61. The molecule has 0 spiro atoms. The Hall–Kier alpha value is -3.48. The molecule has 3 aromatic rings. The number of carbonyl (C=O) groups excluding carboxylic acids is 2. The van der Waals surface area contributed by atoms with Crippen LogP contribution in [-0.4, -0.2) is 38.7 Å². The maximum absolute atomic E-state index is 12.5. The zero-order chi connectivity index (χ0) is 21.7. The fraction of sp³-hybridized carbons (Fsp3) is 0.304. The van der Waals surface area contributed by atoms with Gasteiger partial charge in [0.1, 0.15) is 17.1 Å². The molecule has 0 aliphatic rings. The van der Waals surface area contributed by atoms with Gasteiger partial charge >= 0.3 is 5.97 Å². The number of carbonyl (C=O) groups is 2. The summed E-state index contributed by atoms with van der Waals surface area (Å²) >= 11 is 0. The first kappa shape index (κ1) is 21.2. The van der Waals surface area contributed by atoms with Gasteiger partial charge in [-0.25, -0.2) is 4.79 Å². The Kier molecular flexibility index (Phi) is 6.61. The Morgan fingerprint density at radius 3 is 2.37 bits per heavy atom. The van der Waals surface area contributed by atoms with E-state index in [1.807, 2.05) is 24.3 Å². The average Bonchev–Trinajstić information content (AvgIpc) is 3.10. The zero-order valence-electron chi connectivity index (χ0n) is 17.5. The lowest BCUT2D eigenvalue weighted by atomic mass is 10.1. The number of amides is 1. The van der Waals surface area contributed by atoms with Crippen molar-refractivity contribution in [2.75, 3.05) is 20.8 Å². The molecule has 158 valence electrons. The van der Waals surface area contributed by atoms with Gasteiger partial charge in [0.2, 0.25) is 5.76 Å². The molecule has 0 saturated heterocycles. The van der Waals surface area contributed by atoms with Crippen LogP contribution < -0.4 is 14.8 Å². The second-order valence-corrected chi connectivity index (χ2v) is 6.85. The molecule has 0 radical (unpaired) electrons. The van der Waals surface area contributed by atoms with Crippen molar-refractivity contribution in [3.05, 3.63) is 59.4 Å². The molecule has 0 bridgehead atoms. The maximum atomic E-state index is 12.5. The molecule has 30 heavy (non-hydrogen) atoms. The highest BCUT2D eigenvalue weighted by atomic mass is 16.6. The van der Waals surface area contributed by atoms with Crippen LogP contribution in [0.4, 0.5) is 0 Å². The third-order valence-corrected chi connectivity index (χ3v) is 4.85. The van der Waals surface area contributed by atoms with Gasteiger partial charge in [-0.3, -0.25) is 4.79 Å². The monoisotopic (exact) mass is 411 g/mol. The Morgan fingerprint density at radius 1 is 1.03 bits per heavy atom. The summed E-state index contributed by atoms with van der Waals surface area (Å²) in [4.78, 5) is 24.8. The van der Waals surface area contributed by atoms with E-state index in [-0.39, 0.29) is 11.7 Å². The zero-order valence-corrected chi connectivity index (χ0v) is 17.5. The molecule has 0 aliphatic heterocycles. The van der Waals surface area contributed by atoms with Gasteiger partial charge in [0.15, 0.2) is 6.10 Å². The number of rotatable bonds is 8. The number of furan rings is 1. The number of benzene rings is 2. The molecule has 2 aromatic carbocycles. The predicted octanol–water partition coefficient (Wildman–Crippen LogP) is 3.66. The predicted molar refractivity (Wildman–Crippen MR) is 112 cm³/mol. The van der Waals surface area contributed by atoms with Gasteiger partial charge in [0, 0.05) is 17.5 Å². The highest BCUT2D eigenvalue weighted by Crippen LogP contribution is 2.29. The van der Waals surface area contributed by atoms with E-state index in [1.54, 1.807) is 39.3 Å². The summed E-state index contributed by atoms with van der Waals surface area (Å²) in [5.74, 6) is 0.475. The number of aryl methyl sites for hydroxylation is 1. The number of hydrogen-bond donors (Lipinski definition) is 1. The molecular formula is C23H25NO6. The maximum Gasteiger partial charge on any atom is 0.375 e. The van der Waals surface area contributed by atoms with Gasteiger partial charge in [-0.1, -0.05) is 12.1 Å². The van der Waals surface area contributed by atoms with Crippen molar-refractivity contribution in [2.24, 2.45) is 0 Å². The van der Waals surface area contributed by atoms with Crippen LogP contribution in [0.25, 0.3) is 11.0 Å². The van der Waals surface area contributed by atoms with Crippen LogP contribution in [0.2, 0.25) is 0 Å². The summed E-state index contributed by atoms with van der Waals surface area (Å²) < 4.78 is 21.3. The van der Waals surface area contributed by atoms with Crippen molar-refractivity contribution < 1.29 is 28.2 Å². The Labute approximate surface area is 174 Å². The van der Waals surface area contributed by atoms with E-state index in [0.717, 1.165) is 16.7 Å². The molecule has 1 heterocycles. The smallest absolute Gasteiger partial charge is 0.375 e. The summed E-state index contributed by atoms with van der Waals surface area (Å²) in [6.07, 6.45) is -0.295. The highest BCUT2D eigenvalue weighted by molar-refractivity contribution is 5.97. The molecule has 1 N–H and O–H groups in total. The summed E-state index contributed by atoms with van der Waals surface area (Å²) in [7, 11) is 3.18. The number of nitrogens with one attached hydrogen (secondary N) is 1. The van der Waals surface area contributed by atoms with Gasteiger partial charge in [0.25, 0.3) is 5.91 Å². The first-order valence-corrected chi connectivity index (χ1v) is 9.61. The molecule has 7 nitrogen and oxygen atoms in total. The van der Waals surface area contributed by atoms with Crippen LogP contribution in [0.15, 0.2) is 46.9 Å². The molecule has 1 amide bonds. The third-order valence-electron chi connectivity index (χ3n) is 4.85. The summed E-state index contributed by atoms with van der Waals surface area (Å²) in [6, 6.07) is 12.9. The Balaban J connectivity index is 1.56. The van der Waals surface area contributed by atoms with E-state index in [9.17, 15) is 9.59 Å². The SMILES string of the molecule is COc1ccc(CCNC(=O)[C@@H](C)OC(=O)c2oc3ccc(OC)cc3c2C)cc1. The number of fused-ring (bicyclic) bond motifs is 1. The molecular weight excluding hydrogens is 386 g/mol. The van der Waals surface area contributed by atoms with Crippen molar-refractivity contribution in [3.63, 3.8) is 0 Å². The number of esters is 1. The van der Waals surface area contributed by atoms with Gasteiger partial charge in [-0.05, 0) is 56.2 Å². The molecule has 3 rings (SSSR count). The van der Waals surface area contributed by atoms with Crippen LogP contribution in [0, 0.1) is 6.92 Å². The van der Waals surface area contributed by atoms with Crippen molar-refractivity contribution in [3.8, 4) is 11.5 Å². The van der Waals surface area contributed by atoms with Gasteiger partial charge in [-0.15, -0.1) is 0 Å². The minimum Gasteiger partial charge on any atom is -0.497 e. The van der Waals surface area contributed by atoms with Gasteiger partial charge < -0.3 is 23.9 Å². The molecule has 1 atom stereocenters. The van der Waals surface area contributed by atoms with Gasteiger partial charge in [0.05, 0.1) is 14.2 Å². The Bertz CT molecular complexity index is 1040. The quantitative estimate of drug-likeness (QED) is 0.569. The van der Waals surface area contributed by atoms with E-state index in [4.69, 9.17) is 18.6 Å². The standard InChI is InChI=1S/C23H25NO6/c1-14-19-13-18(28-4)9-10-20(19)30-21(14)23(26)29-15(2)22(25)24-12-11-16-5-7-17(27-3)8-6-16/h5-10,13,15H,11-12H2,1-4H3,(H,24,25)/t15-/m1/s1. The van der Waals surface area contributed by atoms with Crippen molar-refractivity contribution in [2.45, 2.75) is 26.4 Å². The largest absolute Gasteiger partial charge is 0.497 e. The van der Waals surface area contributed by atoms with E-state index in [2.05, 4.69) is 5.32 Å². The molecule has 0 fully saturated rings. The third kappa shape index (κ3) is 4.74. The van der Waals surface area contributed by atoms with Crippen molar-refractivity contribution in [1.82, 2.24) is 5.32 Å². The summed E-state index contributed by atoms with van der Waals surface area (Å²) in [6.45, 7) is 3.72. The molecule has 0 saturated carbocycles. The van der Waals surface area contributed by atoms with E-state index in [0.29, 0.717) is 29.9 Å². The second-order valence-electron chi connectivity index (χ2n) is 6.85. The van der Waals surface area contributed by atoms with Crippen LogP contribution in [0.3, 0.4) is 0 Å². The highest BCUT2D eigenvalue weighted by Gasteiger charge is 2.24. The number of ether oxygens (including phenoxy) is 3. The lowest BCUT2D eigenvalue weighted by molar-refractivity contribution is -0.129. The normalized spacial score (nSPS) is 11.7. The first-order chi connectivity index (χ1) is 14.4. The van der Waals surface area contributed by atoms with Crippen molar-refractivity contribution in [1.29, 1.82) is 0 Å². The number of hydrogen-bond acceptors (Lipinski definition) is 6. The summed E-state index contributed by atoms with van der Waals surface area (Å²) in [5.41, 5.74) is 2.26. The summed E-state index contributed by atoms with van der Waals surface area (Å²) in [5, 5.41) is 3.54. The van der Waals surface area contributed by atoms with Crippen LogP contribution in [-0.2, 0) is 16.0 Å². The van der Waals surface area contributed by atoms with Crippen LogP contribution >= 0.6 is 0 Å². The Morgan fingerprint density at radius 2 is 1.70 bits per heavy atom. The molecule has 0 unspecified atom stereocenters. The van der Waals surface area contributed by atoms with Crippen LogP contribution in [0.5, 0.6) is 11.5 Å².